The number of hydrogen-bond donors (Lipinski definition) is 2. The van der Waals surface area contributed by atoms with Gasteiger partial charge in [-0.3, -0.25) is 0 Å². The van der Waals surface area contributed by atoms with Gasteiger partial charge in [0.2, 0.25) is 10.0 Å². The van der Waals surface area contributed by atoms with Crippen LogP contribution in [0.15, 0.2) is 23.1 Å². The van der Waals surface area contributed by atoms with E-state index in [1.807, 2.05) is 0 Å². The highest BCUT2D eigenvalue weighted by atomic mass is 32.2. The minimum absolute atomic E-state index is 0.0850. The van der Waals surface area contributed by atoms with Gasteiger partial charge in [-0.2, -0.15) is 0 Å². The Morgan fingerprint density at radius 3 is 2.73 bits per heavy atom. The van der Waals surface area contributed by atoms with Crippen molar-refractivity contribution in [2.24, 2.45) is 0 Å². The third-order valence-electron chi connectivity index (χ3n) is 1.84. The molecule has 0 saturated heterocycles. The molecule has 0 amide bonds. The molecule has 0 aliphatic heterocycles. The van der Waals surface area contributed by atoms with Gasteiger partial charge in [0.25, 0.3) is 0 Å². The first-order valence-corrected chi connectivity index (χ1v) is 5.82. The molecule has 0 unspecified atom stereocenters. The average molecular weight is 233 g/mol. The molecule has 1 aromatic rings. The molecule has 4 nitrogen and oxygen atoms in total. The summed E-state index contributed by atoms with van der Waals surface area (Å²) in [5.41, 5.74) is 0.460. The molecule has 6 heteroatoms. The first kappa shape index (κ1) is 12.1. The van der Waals surface area contributed by atoms with E-state index in [1.54, 1.807) is 6.92 Å². The Kier molecular flexibility index (Phi) is 3.78. The molecular formula is C9H12FNO3S. The number of halogens is 1. The summed E-state index contributed by atoms with van der Waals surface area (Å²) >= 11 is 0. The van der Waals surface area contributed by atoms with Crippen molar-refractivity contribution in [2.45, 2.75) is 11.8 Å². The van der Waals surface area contributed by atoms with Crippen LogP contribution in [0.1, 0.15) is 5.56 Å². The van der Waals surface area contributed by atoms with Crippen LogP contribution in [0.5, 0.6) is 0 Å². The Balaban J connectivity index is 3.09. The topological polar surface area (TPSA) is 66.4 Å². The van der Waals surface area contributed by atoms with Crippen LogP contribution in [0.2, 0.25) is 0 Å². The average Bonchev–Trinajstić information content (AvgIpc) is 2.18. The summed E-state index contributed by atoms with van der Waals surface area (Å²) in [4.78, 5) is -0.101. The molecule has 84 valence electrons. The highest BCUT2D eigenvalue weighted by molar-refractivity contribution is 7.89. The maximum absolute atomic E-state index is 12.9. The van der Waals surface area contributed by atoms with Gasteiger partial charge in [0.1, 0.15) is 5.82 Å². The normalized spacial score (nSPS) is 11.7. The molecule has 1 aromatic carbocycles. The van der Waals surface area contributed by atoms with Crippen molar-refractivity contribution < 1.29 is 17.9 Å². The maximum atomic E-state index is 12.9. The Labute approximate surface area is 87.8 Å². The van der Waals surface area contributed by atoms with Crippen molar-refractivity contribution in [3.63, 3.8) is 0 Å². The van der Waals surface area contributed by atoms with E-state index in [4.69, 9.17) is 5.11 Å². The predicted molar refractivity (Wildman–Crippen MR) is 53.4 cm³/mol. The third kappa shape index (κ3) is 2.98. The van der Waals surface area contributed by atoms with Crippen LogP contribution in [0.25, 0.3) is 0 Å². The summed E-state index contributed by atoms with van der Waals surface area (Å²) < 4.78 is 38.2. The number of aliphatic hydroxyl groups excluding tert-OH is 1. The number of aryl methyl sites for hydroxylation is 1. The predicted octanol–water partition coefficient (Wildman–Crippen LogP) is 0.405. The lowest BCUT2D eigenvalue weighted by Crippen LogP contribution is -2.27. The molecule has 0 atom stereocenters. The van der Waals surface area contributed by atoms with Crippen molar-refractivity contribution >= 4 is 10.0 Å². The van der Waals surface area contributed by atoms with E-state index in [0.29, 0.717) is 5.56 Å². The second-order valence-corrected chi connectivity index (χ2v) is 4.77. The van der Waals surface area contributed by atoms with Crippen molar-refractivity contribution in [2.75, 3.05) is 13.2 Å². The molecule has 0 saturated carbocycles. The fraction of sp³-hybridized carbons (Fsp3) is 0.333. The summed E-state index contributed by atoms with van der Waals surface area (Å²) in [7, 11) is -3.73. The van der Waals surface area contributed by atoms with Crippen molar-refractivity contribution in [1.29, 1.82) is 0 Å². The molecule has 0 fully saturated rings. The van der Waals surface area contributed by atoms with E-state index in [2.05, 4.69) is 4.72 Å². The molecule has 1 rings (SSSR count). The van der Waals surface area contributed by atoms with Gasteiger partial charge in [-0.1, -0.05) is 6.07 Å². The zero-order valence-corrected chi connectivity index (χ0v) is 9.01. The van der Waals surface area contributed by atoms with Crippen LogP contribution in [-0.2, 0) is 10.0 Å². The van der Waals surface area contributed by atoms with E-state index in [9.17, 15) is 12.8 Å². The monoisotopic (exact) mass is 233 g/mol. The van der Waals surface area contributed by atoms with Gasteiger partial charge in [-0.25, -0.2) is 17.5 Å². The molecule has 0 aromatic heterocycles. The summed E-state index contributed by atoms with van der Waals surface area (Å²) in [5, 5.41) is 8.50. The Morgan fingerprint density at radius 1 is 1.47 bits per heavy atom. The second-order valence-electron chi connectivity index (χ2n) is 3.03. The second kappa shape index (κ2) is 4.69. The number of nitrogens with one attached hydrogen (secondary N) is 1. The zero-order valence-electron chi connectivity index (χ0n) is 8.20. The molecule has 15 heavy (non-hydrogen) atoms. The summed E-state index contributed by atoms with van der Waals surface area (Å²) in [6.45, 7) is 1.19. The van der Waals surface area contributed by atoms with E-state index in [1.165, 1.54) is 12.1 Å². The lowest BCUT2D eigenvalue weighted by atomic mass is 10.2. The fourth-order valence-corrected chi connectivity index (χ4v) is 2.40. The van der Waals surface area contributed by atoms with Gasteiger partial charge in [0.05, 0.1) is 11.5 Å². The number of aliphatic hydroxyl groups is 1. The zero-order chi connectivity index (χ0) is 11.5. The van der Waals surface area contributed by atoms with Crippen LogP contribution in [0, 0.1) is 12.7 Å². The van der Waals surface area contributed by atoms with E-state index >= 15 is 0 Å². The van der Waals surface area contributed by atoms with Gasteiger partial charge in [0.15, 0.2) is 0 Å². The number of benzene rings is 1. The lowest BCUT2D eigenvalue weighted by Gasteiger charge is -2.07. The molecule has 0 heterocycles. The first-order chi connectivity index (χ1) is 6.97. The van der Waals surface area contributed by atoms with Gasteiger partial charge in [0, 0.05) is 6.54 Å². The van der Waals surface area contributed by atoms with Crippen molar-refractivity contribution in [1.82, 2.24) is 4.72 Å². The van der Waals surface area contributed by atoms with Gasteiger partial charge >= 0.3 is 0 Å². The van der Waals surface area contributed by atoms with Crippen molar-refractivity contribution in [3.05, 3.63) is 29.6 Å². The molecule has 0 bridgehead atoms. The Hall–Kier alpha value is -0.980. The van der Waals surface area contributed by atoms with Crippen LogP contribution in [0.4, 0.5) is 4.39 Å². The molecule has 0 aliphatic rings. The van der Waals surface area contributed by atoms with Gasteiger partial charge in [-0.05, 0) is 24.6 Å². The van der Waals surface area contributed by atoms with E-state index in [0.717, 1.165) is 6.07 Å². The molecule has 0 spiro atoms. The molecule has 0 radical (unpaired) electrons. The van der Waals surface area contributed by atoms with Crippen LogP contribution >= 0.6 is 0 Å². The van der Waals surface area contributed by atoms with Crippen LogP contribution in [0.3, 0.4) is 0 Å². The van der Waals surface area contributed by atoms with Crippen molar-refractivity contribution in [3.8, 4) is 0 Å². The quantitative estimate of drug-likeness (QED) is 0.791. The molecule has 0 aliphatic carbocycles. The Bertz CT molecular complexity index is 445. The molecular weight excluding hydrogens is 221 g/mol. The fourth-order valence-electron chi connectivity index (χ4n) is 1.12. The van der Waals surface area contributed by atoms with Gasteiger partial charge in [-0.15, -0.1) is 0 Å². The minimum Gasteiger partial charge on any atom is -0.395 e. The molecule has 2 N–H and O–H groups in total. The smallest absolute Gasteiger partial charge is 0.241 e. The Morgan fingerprint density at radius 2 is 2.13 bits per heavy atom. The first-order valence-electron chi connectivity index (χ1n) is 4.34. The van der Waals surface area contributed by atoms with E-state index in [-0.39, 0.29) is 18.0 Å². The number of rotatable bonds is 4. The highest BCUT2D eigenvalue weighted by Crippen LogP contribution is 2.15. The maximum Gasteiger partial charge on any atom is 0.241 e. The third-order valence-corrected chi connectivity index (χ3v) is 3.45. The lowest BCUT2D eigenvalue weighted by molar-refractivity contribution is 0.301. The highest BCUT2D eigenvalue weighted by Gasteiger charge is 2.16. The summed E-state index contributed by atoms with van der Waals surface area (Å²) in [5.74, 6) is -0.607. The van der Waals surface area contributed by atoms with Gasteiger partial charge < -0.3 is 5.11 Å². The van der Waals surface area contributed by atoms with E-state index < -0.39 is 15.8 Å². The summed E-state index contributed by atoms with van der Waals surface area (Å²) in [6, 6.07) is 3.54. The number of sulfonamides is 1. The summed E-state index contributed by atoms with van der Waals surface area (Å²) in [6.07, 6.45) is 0. The largest absolute Gasteiger partial charge is 0.395 e. The number of hydrogen-bond acceptors (Lipinski definition) is 3. The minimum atomic E-state index is -3.73. The van der Waals surface area contributed by atoms with Crippen LogP contribution in [-0.4, -0.2) is 26.7 Å². The standard InChI is InChI=1S/C9H12FNO3S/c1-7-2-3-8(10)6-9(7)15(13,14)11-4-5-12/h2-3,6,11-12H,4-5H2,1H3. The van der Waals surface area contributed by atoms with Crippen LogP contribution < -0.4 is 4.72 Å². The SMILES string of the molecule is Cc1ccc(F)cc1S(=O)(=O)NCCO.